The standard InChI is InChI=1S/C12H15NS/c1-4-13-11(8-7-10(2)3)12-6-5-9-14-12/h5-9H,2,4H2,1,3H3. The lowest BCUT2D eigenvalue weighted by molar-refractivity contribution is 1.13. The Morgan fingerprint density at radius 3 is 2.86 bits per heavy atom. The second-order valence-electron chi connectivity index (χ2n) is 3.02. The molecule has 0 aromatic carbocycles. The molecule has 0 spiro atoms. The van der Waals surface area contributed by atoms with Crippen molar-refractivity contribution in [2.45, 2.75) is 13.8 Å². The summed E-state index contributed by atoms with van der Waals surface area (Å²) in [6.45, 7) is 8.67. The Kier molecular flexibility index (Phi) is 4.33. The van der Waals surface area contributed by atoms with Crippen molar-refractivity contribution in [3.05, 3.63) is 46.7 Å². The Hall–Kier alpha value is -1.15. The first-order valence-corrected chi connectivity index (χ1v) is 5.54. The van der Waals surface area contributed by atoms with Crippen molar-refractivity contribution in [2.75, 3.05) is 6.54 Å². The highest BCUT2D eigenvalue weighted by Crippen LogP contribution is 2.11. The van der Waals surface area contributed by atoms with Gasteiger partial charge in [-0.2, -0.15) is 0 Å². The van der Waals surface area contributed by atoms with Crippen LogP contribution in [-0.2, 0) is 0 Å². The maximum atomic E-state index is 4.44. The molecule has 74 valence electrons. The van der Waals surface area contributed by atoms with Gasteiger partial charge in [-0.05, 0) is 31.4 Å². The highest BCUT2D eigenvalue weighted by Gasteiger charge is 1.98. The summed E-state index contributed by atoms with van der Waals surface area (Å²) in [6.07, 6.45) is 4.02. The van der Waals surface area contributed by atoms with E-state index in [1.54, 1.807) is 11.3 Å². The van der Waals surface area contributed by atoms with Crippen LogP contribution in [0.15, 0.2) is 46.8 Å². The van der Waals surface area contributed by atoms with Crippen molar-refractivity contribution < 1.29 is 0 Å². The second-order valence-corrected chi connectivity index (χ2v) is 3.96. The molecular formula is C12H15NS. The van der Waals surface area contributed by atoms with Crippen molar-refractivity contribution in [3.8, 4) is 0 Å². The molecule has 1 rings (SSSR count). The number of allylic oxidation sites excluding steroid dienone is 3. The Morgan fingerprint density at radius 1 is 1.57 bits per heavy atom. The molecule has 0 fully saturated rings. The maximum absolute atomic E-state index is 4.44. The molecule has 0 bridgehead atoms. The van der Waals surface area contributed by atoms with Crippen molar-refractivity contribution in [3.63, 3.8) is 0 Å². The minimum atomic E-state index is 0.813. The number of nitrogens with zero attached hydrogens (tertiary/aromatic N) is 1. The summed E-state index contributed by atoms with van der Waals surface area (Å²) in [7, 11) is 0. The molecule has 1 heterocycles. The molecule has 0 amide bonds. The lowest BCUT2D eigenvalue weighted by Gasteiger charge is -1.96. The number of thiophene rings is 1. The molecule has 1 aromatic rings. The highest BCUT2D eigenvalue weighted by atomic mass is 32.1. The third kappa shape index (κ3) is 3.30. The summed E-state index contributed by atoms with van der Waals surface area (Å²) in [5.74, 6) is 0. The average molecular weight is 205 g/mol. The predicted molar refractivity (Wildman–Crippen MR) is 65.4 cm³/mol. The third-order valence-corrected chi connectivity index (χ3v) is 2.52. The van der Waals surface area contributed by atoms with E-state index in [0.29, 0.717) is 0 Å². The summed E-state index contributed by atoms with van der Waals surface area (Å²) in [5.41, 5.74) is 2.09. The van der Waals surface area contributed by atoms with Gasteiger partial charge < -0.3 is 0 Å². The van der Waals surface area contributed by atoms with E-state index >= 15 is 0 Å². The molecule has 0 atom stereocenters. The van der Waals surface area contributed by atoms with E-state index in [1.807, 2.05) is 32.1 Å². The van der Waals surface area contributed by atoms with E-state index in [4.69, 9.17) is 0 Å². The maximum Gasteiger partial charge on any atom is 0.0746 e. The molecule has 1 aromatic heterocycles. The zero-order valence-corrected chi connectivity index (χ0v) is 9.47. The van der Waals surface area contributed by atoms with Crippen LogP contribution >= 0.6 is 11.3 Å². The molecule has 0 radical (unpaired) electrons. The van der Waals surface area contributed by atoms with Crippen LogP contribution < -0.4 is 0 Å². The fraction of sp³-hybridized carbons (Fsp3) is 0.250. The Labute approximate surface area is 89.5 Å². The van der Waals surface area contributed by atoms with Gasteiger partial charge >= 0.3 is 0 Å². The van der Waals surface area contributed by atoms with Crippen LogP contribution in [0.5, 0.6) is 0 Å². The molecule has 0 saturated heterocycles. The summed E-state index contributed by atoms with van der Waals surface area (Å²) >= 11 is 1.71. The minimum absolute atomic E-state index is 0.813. The summed E-state index contributed by atoms with van der Waals surface area (Å²) in [6, 6.07) is 4.13. The van der Waals surface area contributed by atoms with E-state index < -0.39 is 0 Å². The van der Waals surface area contributed by atoms with Gasteiger partial charge in [-0.3, -0.25) is 4.99 Å². The molecule has 0 aliphatic carbocycles. The van der Waals surface area contributed by atoms with Gasteiger partial charge in [0.15, 0.2) is 0 Å². The molecular weight excluding hydrogens is 190 g/mol. The van der Waals surface area contributed by atoms with Crippen LogP contribution in [0.25, 0.3) is 0 Å². The Bertz CT molecular complexity index is 344. The molecule has 0 aliphatic heterocycles. The van der Waals surface area contributed by atoms with Crippen molar-refractivity contribution >= 4 is 17.0 Å². The highest BCUT2D eigenvalue weighted by molar-refractivity contribution is 7.12. The van der Waals surface area contributed by atoms with Crippen LogP contribution in [0.2, 0.25) is 0 Å². The molecule has 14 heavy (non-hydrogen) atoms. The van der Waals surface area contributed by atoms with Gasteiger partial charge in [0.25, 0.3) is 0 Å². The molecule has 0 unspecified atom stereocenters. The number of rotatable bonds is 4. The van der Waals surface area contributed by atoms with E-state index in [2.05, 4.69) is 23.0 Å². The smallest absolute Gasteiger partial charge is 0.0746 e. The van der Waals surface area contributed by atoms with Gasteiger partial charge in [-0.25, -0.2) is 0 Å². The van der Waals surface area contributed by atoms with Gasteiger partial charge in [0.05, 0.1) is 10.6 Å². The molecule has 0 N–H and O–H groups in total. The van der Waals surface area contributed by atoms with Gasteiger partial charge in [0.1, 0.15) is 0 Å². The van der Waals surface area contributed by atoms with Gasteiger partial charge in [-0.1, -0.05) is 24.3 Å². The van der Waals surface area contributed by atoms with Crippen molar-refractivity contribution in [1.82, 2.24) is 0 Å². The van der Waals surface area contributed by atoms with Crippen molar-refractivity contribution in [1.29, 1.82) is 0 Å². The summed E-state index contributed by atoms with van der Waals surface area (Å²) < 4.78 is 0. The Morgan fingerprint density at radius 2 is 2.36 bits per heavy atom. The van der Waals surface area contributed by atoms with Gasteiger partial charge in [-0.15, -0.1) is 11.3 Å². The largest absolute Gasteiger partial charge is 0.284 e. The first kappa shape index (κ1) is 10.9. The van der Waals surface area contributed by atoms with Gasteiger partial charge in [0.2, 0.25) is 0 Å². The number of hydrogen-bond donors (Lipinski definition) is 0. The van der Waals surface area contributed by atoms with E-state index in [9.17, 15) is 0 Å². The van der Waals surface area contributed by atoms with E-state index in [-0.39, 0.29) is 0 Å². The van der Waals surface area contributed by atoms with Crippen molar-refractivity contribution in [2.24, 2.45) is 4.99 Å². The normalized spacial score (nSPS) is 12.3. The van der Waals surface area contributed by atoms with Crippen LogP contribution in [0.3, 0.4) is 0 Å². The third-order valence-electron chi connectivity index (χ3n) is 1.63. The molecule has 0 aliphatic rings. The fourth-order valence-corrected chi connectivity index (χ4v) is 1.74. The molecule has 1 nitrogen and oxygen atoms in total. The van der Waals surface area contributed by atoms with E-state index in [0.717, 1.165) is 17.8 Å². The predicted octanol–water partition coefficient (Wildman–Crippen LogP) is 3.69. The lowest BCUT2D eigenvalue weighted by Crippen LogP contribution is -1.94. The first-order valence-electron chi connectivity index (χ1n) is 4.66. The molecule has 2 heteroatoms. The summed E-state index contributed by atoms with van der Waals surface area (Å²) in [4.78, 5) is 5.65. The average Bonchev–Trinajstić information content (AvgIpc) is 2.64. The van der Waals surface area contributed by atoms with Crippen LogP contribution in [-0.4, -0.2) is 12.3 Å². The zero-order chi connectivity index (χ0) is 10.4. The topological polar surface area (TPSA) is 12.4 Å². The second kappa shape index (κ2) is 5.55. The summed E-state index contributed by atoms with van der Waals surface area (Å²) in [5, 5.41) is 2.06. The lowest BCUT2D eigenvalue weighted by atomic mass is 10.2. The quantitative estimate of drug-likeness (QED) is 0.525. The van der Waals surface area contributed by atoms with Gasteiger partial charge in [0, 0.05) is 6.54 Å². The minimum Gasteiger partial charge on any atom is -0.284 e. The fourth-order valence-electron chi connectivity index (χ4n) is 1.03. The van der Waals surface area contributed by atoms with E-state index in [1.165, 1.54) is 4.88 Å². The SMILES string of the molecule is C=C(C)C=CC(=NCC)c1cccs1. The number of aliphatic imine (C=N–C) groups is 1. The Balaban J connectivity index is 2.87. The van der Waals surface area contributed by atoms with Crippen LogP contribution in [0.1, 0.15) is 18.7 Å². The zero-order valence-electron chi connectivity index (χ0n) is 8.66. The monoisotopic (exact) mass is 205 g/mol. The number of hydrogen-bond acceptors (Lipinski definition) is 2. The molecule has 0 saturated carbocycles. The van der Waals surface area contributed by atoms with Crippen LogP contribution in [0, 0.1) is 0 Å². The van der Waals surface area contributed by atoms with Crippen LogP contribution in [0.4, 0.5) is 0 Å². The first-order chi connectivity index (χ1) is 6.74.